The predicted octanol–water partition coefficient (Wildman–Crippen LogP) is 8.10. The summed E-state index contributed by atoms with van der Waals surface area (Å²) < 4.78 is 123. The van der Waals surface area contributed by atoms with E-state index in [0.717, 1.165) is 30.7 Å². The Hall–Kier alpha value is -5.25. The standard InChI is InChI=1S/C39H33F8N3O5/c1-19-9-23(20-5-6-20)13-31-34(19)24-11-27(35(41)29(12-24)39(45,46)47)30(15-33(52)53)48-37(54)36(21-3-2-4-26(10-21)55-31)50-16-22(7-8-49-17-25(40)18-49)28(14-32(50)51)38(42,43)44/h2-4,9-14,16,20,25,30,36H,5-8,15,17-18H2,1H3,(H,48,54)(H,52,53)/t30?,36-/m0/s1. The molecule has 2 aliphatic heterocycles. The number of carboxylic acids is 1. The van der Waals surface area contributed by atoms with E-state index in [2.05, 4.69) is 5.32 Å². The van der Waals surface area contributed by atoms with Crippen LogP contribution in [0.3, 0.4) is 0 Å². The molecule has 1 amide bonds. The van der Waals surface area contributed by atoms with E-state index in [1.165, 1.54) is 24.3 Å². The van der Waals surface area contributed by atoms with Gasteiger partial charge in [-0.3, -0.25) is 23.9 Å². The first-order chi connectivity index (χ1) is 25.9. The van der Waals surface area contributed by atoms with Crippen LogP contribution in [0.5, 0.6) is 11.5 Å². The number of hydrogen-bond acceptors (Lipinski definition) is 5. The molecule has 7 rings (SSSR count). The van der Waals surface area contributed by atoms with E-state index in [9.17, 15) is 50.2 Å². The van der Waals surface area contributed by atoms with Gasteiger partial charge in [0.1, 0.15) is 29.5 Å². The van der Waals surface area contributed by atoms with Gasteiger partial charge in [0.2, 0.25) is 5.91 Å². The number of nitrogens with one attached hydrogen (secondary N) is 1. The maximum Gasteiger partial charge on any atom is 0.419 e. The lowest BCUT2D eigenvalue weighted by Crippen LogP contribution is -2.49. The molecule has 4 bridgehead atoms. The van der Waals surface area contributed by atoms with Crippen molar-refractivity contribution in [1.82, 2.24) is 14.8 Å². The number of aryl methyl sites for hydroxylation is 1. The number of benzene rings is 3. The molecule has 8 nitrogen and oxygen atoms in total. The quantitative estimate of drug-likeness (QED) is 0.184. The average molecular weight is 776 g/mol. The zero-order valence-corrected chi connectivity index (χ0v) is 29.0. The first-order valence-corrected chi connectivity index (χ1v) is 17.4. The van der Waals surface area contributed by atoms with Crippen molar-refractivity contribution in [2.75, 3.05) is 19.6 Å². The fourth-order valence-corrected chi connectivity index (χ4v) is 7.34. The number of ether oxygens (including phenoxy) is 1. The molecule has 1 saturated heterocycles. The Morgan fingerprint density at radius 2 is 1.65 bits per heavy atom. The van der Waals surface area contributed by atoms with Crippen molar-refractivity contribution in [3.8, 4) is 22.6 Å². The number of aliphatic carboxylic acids is 1. The van der Waals surface area contributed by atoms with Crippen LogP contribution < -0.4 is 15.6 Å². The summed E-state index contributed by atoms with van der Waals surface area (Å²) in [7, 11) is 0. The van der Waals surface area contributed by atoms with Gasteiger partial charge in [0.15, 0.2) is 0 Å². The highest BCUT2D eigenvalue weighted by atomic mass is 19.4. The van der Waals surface area contributed by atoms with Crippen LogP contribution in [0.4, 0.5) is 35.1 Å². The summed E-state index contributed by atoms with van der Waals surface area (Å²) in [6.45, 7) is 1.63. The highest BCUT2D eigenvalue weighted by Crippen LogP contribution is 2.47. The van der Waals surface area contributed by atoms with Gasteiger partial charge in [-0.15, -0.1) is 0 Å². The summed E-state index contributed by atoms with van der Waals surface area (Å²) in [4.78, 5) is 41.7. The number of amides is 1. The number of carbonyl (C=O) groups excluding carboxylic acids is 1. The molecule has 2 fully saturated rings. The van der Waals surface area contributed by atoms with Crippen LogP contribution >= 0.6 is 0 Å². The van der Waals surface area contributed by atoms with E-state index in [0.29, 0.717) is 22.3 Å². The Morgan fingerprint density at radius 1 is 0.945 bits per heavy atom. The van der Waals surface area contributed by atoms with E-state index in [4.69, 9.17) is 4.74 Å². The van der Waals surface area contributed by atoms with E-state index < -0.39 is 82.5 Å². The van der Waals surface area contributed by atoms with Crippen molar-refractivity contribution in [1.29, 1.82) is 0 Å². The minimum absolute atomic E-state index is 0.00238. The maximum atomic E-state index is 16.1. The minimum Gasteiger partial charge on any atom is -0.481 e. The van der Waals surface area contributed by atoms with Gasteiger partial charge < -0.3 is 15.2 Å². The number of fused-ring (bicyclic) bond motifs is 6. The zero-order valence-electron chi connectivity index (χ0n) is 29.0. The molecular weight excluding hydrogens is 742 g/mol. The number of pyridine rings is 1. The third kappa shape index (κ3) is 7.82. The highest BCUT2D eigenvalue weighted by Gasteiger charge is 2.40. The molecule has 3 aliphatic rings. The number of nitrogens with zero attached hydrogens (tertiary/aromatic N) is 2. The van der Waals surface area contributed by atoms with Crippen LogP contribution in [0, 0.1) is 12.7 Å². The van der Waals surface area contributed by atoms with Crippen molar-refractivity contribution >= 4 is 11.9 Å². The summed E-state index contributed by atoms with van der Waals surface area (Å²) in [6, 6.07) is 7.11. The molecule has 16 heteroatoms. The van der Waals surface area contributed by atoms with Gasteiger partial charge in [-0.05, 0) is 90.3 Å². The van der Waals surface area contributed by atoms with Gasteiger partial charge >= 0.3 is 18.3 Å². The Kier molecular flexibility index (Phi) is 9.76. The van der Waals surface area contributed by atoms with Crippen molar-refractivity contribution in [2.45, 2.75) is 69.1 Å². The molecule has 3 aromatic carbocycles. The van der Waals surface area contributed by atoms with Gasteiger partial charge in [0.25, 0.3) is 5.56 Å². The molecular formula is C39H33F8N3O5. The van der Waals surface area contributed by atoms with Gasteiger partial charge in [0, 0.05) is 43.0 Å². The largest absolute Gasteiger partial charge is 0.481 e. The molecule has 2 N–H and O–H groups in total. The first kappa shape index (κ1) is 38.0. The van der Waals surface area contributed by atoms with Crippen LogP contribution in [0.2, 0.25) is 0 Å². The minimum atomic E-state index is -5.27. The summed E-state index contributed by atoms with van der Waals surface area (Å²) in [5.74, 6) is -4.44. The second-order valence-corrected chi connectivity index (χ2v) is 14.2. The molecule has 55 heavy (non-hydrogen) atoms. The predicted molar refractivity (Wildman–Crippen MR) is 182 cm³/mol. The number of carboxylic acid groups (broad SMARTS) is 1. The monoisotopic (exact) mass is 775 g/mol. The van der Waals surface area contributed by atoms with Crippen LogP contribution in [0.15, 0.2) is 65.6 Å². The average Bonchev–Trinajstić information content (AvgIpc) is 3.92. The van der Waals surface area contributed by atoms with Gasteiger partial charge in [-0.2, -0.15) is 26.3 Å². The van der Waals surface area contributed by atoms with Crippen LogP contribution in [0.25, 0.3) is 11.1 Å². The number of halogens is 8. The van der Waals surface area contributed by atoms with Crippen molar-refractivity contribution < 1.29 is 54.6 Å². The highest BCUT2D eigenvalue weighted by molar-refractivity contribution is 5.85. The molecule has 0 spiro atoms. The molecule has 0 radical (unpaired) electrons. The molecule has 4 aromatic rings. The summed E-state index contributed by atoms with van der Waals surface area (Å²) in [5, 5.41) is 12.2. The molecule has 290 valence electrons. The van der Waals surface area contributed by atoms with Crippen molar-refractivity contribution in [3.05, 3.63) is 116 Å². The normalized spacial score (nSPS) is 19.3. The lowest BCUT2D eigenvalue weighted by Gasteiger charge is -2.34. The number of likely N-dealkylation sites (tertiary alicyclic amines) is 1. The Morgan fingerprint density at radius 3 is 2.29 bits per heavy atom. The molecule has 1 unspecified atom stereocenters. The van der Waals surface area contributed by atoms with E-state index in [1.807, 2.05) is 0 Å². The molecule has 1 aromatic heterocycles. The van der Waals surface area contributed by atoms with Gasteiger partial charge in [-0.1, -0.05) is 18.2 Å². The Balaban J connectivity index is 1.46. The van der Waals surface area contributed by atoms with E-state index in [-0.39, 0.29) is 60.2 Å². The zero-order chi connectivity index (χ0) is 39.6. The Labute approximate surface area is 308 Å². The van der Waals surface area contributed by atoms with Gasteiger partial charge in [0.05, 0.1) is 23.6 Å². The number of carbonyl (C=O) groups is 2. The van der Waals surface area contributed by atoms with Gasteiger partial charge in [-0.25, -0.2) is 8.78 Å². The maximum absolute atomic E-state index is 16.1. The number of rotatable bonds is 7. The van der Waals surface area contributed by atoms with Crippen LogP contribution in [-0.4, -0.2) is 52.3 Å². The second-order valence-electron chi connectivity index (χ2n) is 14.2. The summed E-state index contributed by atoms with van der Waals surface area (Å²) in [6.07, 6.45) is -10.3. The molecule has 2 atom stereocenters. The lowest BCUT2D eigenvalue weighted by molar-refractivity contribution is -0.140. The number of aromatic nitrogens is 1. The summed E-state index contributed by atoms with van der Waals surface area (Å²) >= 11 is 0. The molecule has 3 heterocycles. The SMILES string of the molecule is Cc1cc(C2CC2)cc2c1-c1cc(c(F)c(C(F)(F)F)c1)C(CC(=O)O)NC(=O)[C@@H](n1cc(CCN3CC(F)C3)c(C(F)(F)F)cc1=O)c1cccc(c1)O2. The first-order valence-electron chi connectivity index (χ1n) is 17.4. The van der Waals surface area contributed by atoms with Crippen LogP contribution in [-0.2, 0) is 28.4 Å². The smallest absolute Gasteiger partial charge is 0.419 e. The lowest BCUT2D eigenvalue weighted by atomic mass is 9.90. The summed E-state index contributed by atoms with van der Waals surface area (Å²) in [5.41, 5.74) is -4.33. The van der Waals surface area contributed by atoms with Crippen molar-refractivity contribution in [3.63, 3.8) is 0 Å². The third-order valence-electron chi connectivity index (χ3n) is 10.1. The molecule has 1 aliphatic carbocycles. The van der Waals surface area contributed by atoms with Crippen molar-refractivity contribution in [2.24, 2.45) is 0 Å². The Bertz CT molecular complexity index is 2240. The fourth-order valence-electron chi connectivity index (χ4n) is 7.34. The van der Waals surface area contributed by atoms with E-state index in [1.54, 1.807) is 24.0 Å². The fraction of sp³-hybridized carbons (Fsp3) is 0.359. The second kappa shape index (κ2) is 14.1. The number of hydrogen-bond donors (Lipinski definition) is 2. The van der Waals surface area contributed by atoms with Crippen LogP contribution in [0.1, 0.15) is 76.2 Å². The third-order valence-corrected chi connectivity index (χ3v) is 10.1. The topological polar surface area (TPSA) is 101 Å². The van der Waals surface area contributed by atoms with E-state index >= 15 is 4.39 Å². The molecule has 1 saturated carbocycles. The number of alkyl halides is 7.